The van der Waals surface area contributed by atoms with Crippen LogP contribution in [0.4, 0.5) is 0 Å². The first kappa shape index (κ1) is 26.2. The van der Waals surface area contributed by atoms with Crippen molar-refractivity contribution in [3.05, 3.63) is 72.8 Å². The molecule has 1 fully saturated rings. The lowest BCUT2D eigenvalue weighted by Crippen LogP contribution is -2.48. The Morgan fingerprint density at radius 2 is 1.61 bits per heavy atom. The average Bonchev–Trinajstić information content (AvgIpc) is 2.81. The van der Waals surface area contributed by atoms with Crippen LogP contribution in [-0.2, 0) is 24.5 Å². The van der Waals surface area contributed by atoms with Crippen LogP contribution in [0.2, 0.25) is 0 Å². The second-order valence-corrected chi connectivity index (χ2v) is 8.53. The summed E-state index contributed by atoms with van der Waals surface area (Å²) in [6, 6.07) is 18.6. The number of ether oxygens (including phenoxy) is 1. The molecule has 0 atom stereocenters. The Hall–Kier alpha value is -3.10. The molecule has 0 amide bonds. The van der Waals surface area contributed by atoms with E-state index in [-0.39, 0.29) is 5.97 Å². The Bertz CT molecular complexity index is 942. The molecule has 1 saturated heterocycles. The highest BCUT2D eigenvalue weighted by Gasteiger charge is 2.45. The average molecular weight is 472 g/mol. The van der Waals surface area contributed by atoms with Crippen molar-refractivity contribution in [3.63, 3.8) is 0 Å². The predicted molar refractivity (Wildman–Crippen MR) is 126 cm³/mol. The summed E-state index contributed by atoms with van der Waals surface area (Å²) in [5.74, 6) is -3.74. The molecule has 0 spiro atoms. The fraction of sp³-hybridized carbons (Fsp3) is 0.320. The zero-order valence-corrected chi connectivity index (χ0v) is 19.4. The number of benzene rings is 2. The summed E-state index contributed by atoms with van der Waals surface area (Å²) < 4.78 is 5.55. The Morgan fingerprint density at radius 1 is 1.03 bits per heavy atom. The van der Waals surface area contributed by atoms with Gasteiger partial charge < -0.3 is 14.9 Å². The number of aliphatic carboxylic acids is 2. The molecule has 176 valence electrons. The van der Waals surface area contributed by atoms with Gasteiger partial charge in [0.15, 0.2) is 0 Å². The Kier molecular flexibility index (Phi) is 10.2. The first-order valence-electron chi connectivity index (χ1n) is 10.6. The second-order valence-electron chi connectivity index (χ2n) is 7.41. The number of piperidine rings is 1. The Labute approximate surface area is 198 Å². The number of esters is 1. The highest BCUT2D eigenvalue weighted by molar-refractivity contribution is 7.99. The van der Waals surface area contributed by atoms with Gasteiger partial charge in [0.1, 0.15) is 0 Å². The van der Waals surface area contributed by atoms with E-state index in [2.05, 4.69) is 35.7 Å². The van der Waals surface area contributed by atoms with Gasteiger partial charge in [-0.15, -0.1) is 6.58 Å². The SMILES string of the molecule is C=CCN1CCC(C(=O)OCC)(c2ccccc2Sc2ccccc2)CC1.O=C(O)C(=O)O. The lowest BCUT2D eigenvalue weighted by Gasteiger charge is -2.40. The fourth-order valence-electron chi connectivity index (χ4n) is 3.72. The molecule has 3 rings (SSSR count). The standard InChI is InChI=1S/C23H27NO2S.C2H2O4/c1-3-16-24-17-14-23(15-18-24,22(25)26-4-2)20-12-8-9-13-21(20)27-19-10-6-5-7-11-19;3-1(4)2(5)6/h3,5-13H,1,4,14-18H2,2H3;(H,3,4)(H,5,6). The molecule has 0 unspecified atom stereocenters. The minimum absolute atomic E-state index is 0.0932. The smallest absolute Gasteiger partial charge is 0.414 e. The van der Waals surface area contributed by atoms with Gasteiger partial charge in [0.25, 0.3) is 0 Å². The molecule has 0 aromatic heterocycles. The molecular weight excluding hydrogens is 442 g/mol. The van der Waals surface area contributed by atoms with Crippen molar-refractivity contribution in [2.24, 2.45) is 0 Å². The van der Waals surface area contributed by atoms with Crippen LogP contribution in [0.25, 0.3) is 0 Å². The molecule has 2 N–H and O–H groups in total. The van der Waals surface area contributed by atoms with Crippen LogP contribution in [0, 0.1) is 0 Å². The van der Waals surface area contributed by atoms with Crippen molar-refractivity contribution in [2.75, 3.05) is 26.2 Å². The molecule has 7 nitrogen and oxygen atoms in total. The van der Waals surface area contributed by atoms with E-state index in [9.17, 15) is 4.79 Å². The summed E-state index contributed by atoms with van der Waals surface area (Å²) in [5, 5.41) is 14.8. The maximum atomic E-state index is 13.1. The molecule has 1 aliphatic heterocycles. The van der Waals surface area contributed by atoms with Crippen LogP contribution in [-0.4, -0.2) is 59.3 Å². The van der Waals surface area contributed by atoms with Gasteiger partial charge in [-0.1, -0.05) is 54.2 Å². The van der Waals surface area contributed by atoms with E-state index >= 15 is 0 Å². The van der Waals surface area contributed by atoms with Crippen LogP contribution in [0.1, 0.15) is 25.3 Å². The number of carbonyl (C=O) groups is 3. The zero-order valence-electron chi connectivity index (χ0n) is 18.6. The monoisotopic (exact) mass is 471 g/mol. The van der Waals surface area contributed by atoms with E-state index in [4.69, 9.17) is 24.5 Å². The third-order valence-corrected chi connectivity index (χ3v) is 6.40. The molecule has 0 bridgehead atoms. The molecule has 1 heterocycles. The van der Waals surface area contributed by atoms with Gasteiger partial charge in [0.2, 0.25) is 0 Å². The van der Waals surface area contributed by atoms with E-state index in [0.717, 1.165) is 42.9 Å². The molecular formula is C25H29NO6S. The summed E-state index contributed by atoms with van der Waals surface area (Å²) in [6.07, 6.45) is 3.47. The van der Waals surface area contributed by atoms with E-state index in [1.165, 1.54) is 4.90 Å². The summed E-state index contributed by atoms with van der Waals surface area (Å²) >= 11 is 1.72. The van der Waals surface area contributed by atoms with Crippen LogP contribution in [0.15, 0.2) is 77.0 Å². The van der Waals surface area contributed by atoms with Gasteiger partial charge >= 0.3 is 17.9 Å². The van der Waals surface area contributed by atoms with E-state index in [0.29, 0.717) is 6.61 Å². The van der Waals surface area contributed by atoms with Gasteiger partial charge in [-0.05, 0) is 56.6 Å². The first-order chi connectivity index (χ1) is 15.8. The molecule has 2 aromatic rings. The van der Waals surface area contributed by atoms with Gasteiger partial charge in [-0.25, -0.2) is 9.59 Å². The van der Waals surface area contributed by atoms with Crippen molar-refractivity contribution in [1.29, 1.82) is 0 Å². The van der Waals surface area contributed by atoms with Crippen LogP contribution >= 0.6 is 11.8 Å². The summed E-state index contributed by atoms with van der Waals surface area (Å²) in [4.78, 5) is 36.0. The quantitative estimate of drug-likeness (QED) is 0.354. The minimum atomic E-state index is -1.82. The third kappa shape index (κ3) is 7.20. The van der Waals surface area contributed by atoms with E-state index < -0.39 is 17.4 Å². The normalized spacial score (nSPS) is 14.9. The molecule has 33 heavy (non-hydrogen) atoms. The molecule has 0 aliphatic carbocycles. The predicted octanol–water partition coefficient (Wildman–Crippen LogP) is 4.08. The summed E-state index contributed by atoms with van der Waals surface area (Å²) in [5.41, 5.74) is 0.516. The molecule has 1 aliphatic rings. The summed E-state index contributed by atoms with van der Waals surface area (Å²) in [6.45, 7) is 8.72. The van der Waals surface area contributed by atoms with Crippen molar-refractivity contribution < 1.29 is 29.3 Å². The lowest BCUT2D eigenvalue weighted by molar-refractivity contribution is -0.159. The highest BCUT2D eigenvalue weighted by Crippen LogP contribution is 2.43. The maximum Gasteiger partial charge on any atom is 0.414 e. The Morgan fingerprint density at radius 3 is 2.15 bits per heavy atom. The topological polar surface area (TPSA) is 104 Å². The van der Waals surface area contributed by atoms with Crippen LogP contribution < -0.4 is 0 Å². The van der Waals surface area contributed by atoms with Crippen molar-refractivity contribution in [3.8, 4) is 0 Å². The number of likely N-dealkylation sites (tertiary alicyclic amines) is 1. The largest absolute Gasteiger partial charge is 0.473 e. The maximum absolute atomic E-state index is 13.1. The Balaban J connectivity index is 0.000000569. The number of hydrogen-bond donors (Lipinski definition) is 2. The van der Waals surface area contributed by atoms with Crippen LogP contribution in [0.5, 0.6) is 0 Å². The van der Waals surface area contributed by atoms with E-state index in [1.54, 1.807) is 11.8 Å². The molecule has 0 saturated carbocycles. The lowest BCUT2D eigenvalue weighted by atomic mass is 9.72. The number of carboxylic acids is 2. The van der Waals surface area contributed by atoms with Crippen LogP contribution in [0.3, 0.4) is 0 Å². The highest BCUT2D eigenvalue weighted by atomic mass is 32.2. The van der Waals surface area contributed by atoms with Crippen molar-refractivity contribution in [1.82, 2.24) is 4.90 Å². The first-order valence-corrected chi connectivity index (χ1v) is 11.4. The van der Waals surface area contributed by atoms with Crippen molar-refractivity contribution >= 4 is 29.7 Å². The number of carboxylic acid groups (broad SMARTS) is 2. The van der Waals surface area contributed by atoms with Gasteiger partial charge in [-0.3, -0.25) is 9.69 Å². The fourth-order valence-corrected chi connectivity index (χ4v) is 4.79. The van der Waals surface area contributed by atoms with Gasteiger partial charge in [0.05, 0.1) is 12.0 Å². The second kappa shape index (κ2) is 12.8. The minimum Gasteiger partial charge on any atom is -0.473 e. The number of rotatable bonds is 7. The van der Waals surface area contributed by atoms with E-state index in [1.807, 2.05) is 43.3 Å². The zero-order chi connectivity index (χ0) is 24.3. The number of nitrogens with zero attached hydrogens (tertiary/aromatic N) is 1. The van der Waals surface area contributed by atoms with Crippen molar-refractivity contribution in [2.45, 2.75) is 35.0 Å². The third-order valence-electron chi connectivity index (χ3n) is 5.32. The molecule has 2 aromatic carbocycles. The molecule has 0 radical (unpaired) electrons. The van der Waals surface area contributed by atoms with Gasteiger partial charge in [0, 0.05) is 16.3 Å². The summed E-state index contributed by atoms with van der Waals surface area (Å²) in [7, 11) is 0. The number of carbonyl (C=O) groups excluding carboxylic acids is 1. The van der Waals surface area contributed by atoms with Gasteiger partial charge in [-0.2, -0.15) is 0 Å². The number of hydrogen-bond acceptors (Lipinski definition) is 6. The molecule has 8 heteroatoms.